The van der Waals surface area contributed by atoms with E-state index < -0.39 is 0 Å². The summed E-state index contributed by atoms with van der Waals surface area (Å²) in [4.78, 5) is 25.6. The van der Waals surface area contributed by atoms with Crippen LogP contribution in [0.25, 0.3) is 0 Å². The lowest BCUT2D eigenvalue weighted by Crippen LogP contribution is -3.09. The van der Waals surface area contributed by atoms with E-state index in [0.717, 1.165) is 23.4 Å². The summed E-state index contributed by atoms with van der Waals surface area (Å²) in [6, 6.07) is 5.25. The predicted molar refractivity (Wildman–Crippen MR) is 109 cm³/mol. The van der Waals surface area contributed by atoms with Gasteiger partial charge in [-0.1, -0.05) is 13.0 Å². The molecular formula is C21H32N3O5+. The van der Waals surface area contributed by atoms with Gasteiger partial charge in [0.25, 0.3) is 0 Å². The maximum Gasteiger partial charge on any atom is 0.338 e. The molecule has 0 fully saturated rings. The number of likely N-dealkylation sites (N-methyl/N-ethyl adjacent to an activating group) is 1. The van der Waals surface area contributed by atoms with Gasteiger partial charge in [0.05, 0.1) is 51.7 Å². The van der Waals surface area contributed by atoms with Gasteiger partial charge in [0.15, 0.2) is 11.5 Å². The summed E-state index contributed by atoms with van der Waals surface area (Å²) in [6.07, 6.45) is 1.44. The van der Waals surface area contributed by atoms with Crippen LogP contribution in [0.4, 0.5) is 4.79 Å². The van der Waals surface area contributed by atoms with E-state index in [4.69, 9.17) is 14.2 Å². The number of carbonyl (C=O) groups excluding carboxylic acids is 2. The first-order valence-corrected chi connectivity index (χ1v) is 9.93. The molecule has 8 heteroatoms. The van der Waals surface area contributed by atoms with Crippen molar-refractivity contribution in [3.05, 3.63) is 35.0 Å². The number of esters is 1. The molecule has 0 radical (unpaired) electrons. The van der Waals surface area contributed by atoms with Crippen molar-refractivity contribution < 1.29 is 28.7 Å². The van der Waals surface area contributed by atoms with Crippen LogP contribution >= 0.6 is 0 Å². The lowest BCUT2D eigenvalue weighted by Gasteiger charge is -2.29. The molecule has 1 heterocycles. The maximum absolute atomic E-state index is 12.5. The van der Waals surface area contributed by atoms with Crippen LogP contribution in [0.2, 0.25) is 0 Å². The van der Waals surface area contributed by atoms with Crippen molar-refractivity contribution in [3.8, 4) is 11.5 Å². The van der Waals surface area contributed by atoms with Crippen molar-refractivity contribution >= 4 is 12.0 Å². The second kappa shape index (κ2) is 10.7. The summed E-state index contributed by atoms with van der Waals surface area (Å²) >= 11 is 0. The molecule has 2 rings (SSSR count). The zero-order valence-corrected chi connectivity index (χ0v) is 17.9. The molecule has 1 aliphatic rings. The third-order valence-corrected chi connectivity index (χ3v) is 4.91. The minimum Gasteiger partial charge on any atom is -0.493 e. The number of hydrogen-bond donors (Lipinski definition) is 3. The standard InChI is InChI=1S/C21H31N3O5/c1-6-15-19(20(25)29-7-2)16(23-21(26)22-15)13-24(3)11-10-14-8-9-17(27-4)18(12-14)28-5/h8-9,12,15H,6-7,10-11,13H2,1-5H3,(H2,22,23,26)/p+1/t15-/m0/s1. The fourth-order valence-electron chi connectivity index (χ4n) is 3.39. The largest absolute Gasteiger partial charge is 0.493 e. The molecule has 1 aliphatic heterocycles. The molecule has 2 amide bonds. The Hall–Kier alpha value is -2.74. The van der Waals surface area contributed by atoms with Gasteiger partial charge in [0.2, 0.25) is 0 Å². The van der Waals surface area contributed by atoms with E-state index >= 15 is 0 Å². The quantitative estimate of drug-likeness (QED) is 0.497. The summed E-state index contributed by atoms with van der Waals surface area (Å²) in [6.45, 7) is 5.33. The fraction of sp³-hybridized carbons (Fsp3) is 0.524. The van der Waals surface area contributed by atoms with Gasteiger partial charge in [-0.25, -0.2) is 9.59 Å². The van der Waals surface area contributed by atoms with Crippen LogP contribution < -0.4 is 25.0 Å². The number of nitrogens with one attached hydrogen (secondary N) is 3. The summed E-state index contributed by atoms with van der Waals surface area (Å²) < 4.78 is 15.8. The zero-order chi connectivity index (χ0) is 21.4. The van der Waals surface area contributed by atoms with Gasteiger partial charge in [0, 0.05) is 6.42 Å². The van der Waals surface area contributed by atoms with Crippen LogP contribution in [0.3, 0.4) is 0 Å². The molecule has 0 spiro atoms. The van der Waals surface area contributed by atoms with Crippen molar-refractivity contribution in [2.24, 2.45) is 0 Å². The van der Waals surface area contributed by atoms with E-state index in [9.17, 15) is 9.59 Å². The molecule has 0 aromatic heterocycles. The van der Waals surface area contributed by atoms with Gasteiger partial charge in [-0.15, -0.1) is 0 Å². The van der Waals surface area contributed by atoms with Crippen molar-refractivity contribution in [1.82, 2.24) is 10.6 Å². The highest BCUT2D eigenvalue weighted by atomic mass is 16.5. The number of benzene rings is 1. The Morgan fingerprint density at radius 1 is 1.17 bits per heavy atom. The minimum absolute atomic E-state index is 0.285. The normalized spacial score (nSPS) is 17.3. The number of ether oxygens (including phenoxy) is 3. The second-order valence-electron chi connectivity index (χ2n) is 7.00. The van der Waals surface area contributed by atoms with Gasteiger partial charge in [0.1, 0.15) is 6.54 Å². The van der Waals surface area contributed by atoms with Gasteiger partial charge >= 0.3 is 12.0 Å². The van der Waals surface area contributed by atoms with E-state index in [-0.39, 0.29) is 18.0 Å². The summed E-state index contributed by atoms with van der Waals surface area (Å²) in [5.41, 5.74) is 2.27. The predicted octanol–water partition coefficient (Wildman–Crippen LogP) is 0.670. The first-order valence-electron chi connectivity index (χ1n) is 9.93. The summed E-state index contributed by atoms with van der Waals surface area (Å²) in [5, 5.41) is 5.60. The van der Waals surface area contributed by atoms with Gasteiger partial charge in [-0.3, -0.25) is 0 Å². The molecule has 1 aromatic rings. The second-order valence-corrected chi connectivity index (χ2v) is 7.00. The fourth-order valence-corrected chi connectivity index (χ4v) is 3.39. The number of urea groups is 1. The zero-order valence-electron chi connectivity index (χ0n) is 17.9. The van der Waals surface area contributed by atoms with E-state index in [1.165, 1.54) is 0 Å². The van der Waals surface area contributed by atoms with E-state index in [2.05, 4.69) is 10.6 Å². The lowest BCUT2D eigenvalue weighted by molar-refractivity contribution is -0.874. The molecular weight excluding hydrogens is 374 g/mol. The highest BCUT2D eigenvalue weighted by Gasteiger charge is 2.32. The molecule has 0 bridgehead atoms. The van der Waals surface area contributed by atoms with Crippen molar-refractivity contribution in [3.63, 3.8) is 0 Å². The van der Waals surface area contributed by atoms with Crippen LogP contribution in [0.15, 0.2) is 29.5 Å². The average molecular weight is 407 g/mol. The van der Waals surface area contributed by atoms with Gasteiger partial charge < -0.3 is 29.7 Å². The number of methoxy groups -OCH3 is 2. The van der Waals surface area contributed by atoms with E-state index in [0.29, 0.717) is 42.3 Å². The average Bonchev–Trinajstić information content (AvgIpc) is 2.71. The topological polar surface area (TPSA) is 90.3 Å². The number of hydrogen-bond acceptors (Lipinski definition) is 5. The Kier molecular flexibility index (Phi) is 8.33. The SMILES string of the molecule is CCOC(=O)C1=C(C[NH+](C)CCc2ccc(OC)c(OC)c2)NC(=O)N[C@H]1CC. The van der Waals surface area contributed by atoms with Crippen LogP contribution in [-0.2, 0) is 16.0 Å². The van der Waals surface area contributed by atoms with Gasteiger partial charge in [-0.2, -0.15) is 0 Å². The van der Waals surface area contributed by atoms with Crippen molar-refractivity contribution in [1.29, 1.82) is 0 Å². The number of carbonyl (C=O) groups is 2. The Labute approximate surface area is 172 Å². The molecule has 0 aliphatic carbocycles. The summed E-state index contributed by atoms with van der Waals surface area (Å²) in [7, 11) is 5.26. The highest BCUT2D eigenvalue weighted by Crippen LogP contribution is 2.27. The smallest absolute Gasteiger partial charge is 0.338 e. The molecule has 0 saturated carbocycles. The molecule has 0 saturated heterocycles. The molecule has 160 valence electrons. The minimum atomic E-state index is -0.380. The third kappa shape index (κ3) is 5.87. The Balaban J connectivity index is 2.10. The van der Waals surface area contributed by atoms with Crippen molar-refractivity contribution in [2.75, 3.05) is 41.0 Å². The Morgan fingerprint density at radius 3 is 2.52 bits per heavy atom. The van der Waals surface area contributed by atoms with E-state index in [1.54, 1.807) is 21.1 Å². The third-order valence-electron chi connectivity index (χ3n) is 4.91. The first kappa shape index (κ1) is 22.5. The number of rotatable bonds is 10. The molecule has 1 aromatic carbocycles. The van der Waals surface area contributed by atoms with Crippen LogP contribution in [0.5, 0.6) is 11.5 Å². The summed E-state index contributed by atoms with van der Waals surface area (Å²) in [5.74, 6) is 1.02. The Morgan fingerprint density at radius 2 is 1.90 bits per heavy atom. The van der Waals surface area contributed by atoms with Crippen molar-refractivity contribution in [2.45, 2.75) is 32.7 Å². The molecule has 1 unspecified atom stereocenters. The van der Waals surface area contributed by atoms with Crippen LogP contribution in [-0.4, -0.2) is 59.0 Å². The monoisotopic (exact) mass is 406 g/mol. The van der Waals surface area contributed by atoms with Crippen LogP contribution in [0, 0.1) is 0 Å². The number of quaternary nitrogens is 1. The first-order chi connectivity index (χ1) is 13.9. The molecule has 29 heavy (non-hydrogen) atoms. The van der Waals surface area contributed by atoms with E-state index in [1.807, 2.05) is 32.2 Å². The molecule has 2 atom stereocenters. The molecule has 8 nitrogen and oxygen atoms in total. The van der Waals surface area contributed by atoms with Crippen LogP contribution in [0.1, 0.15) is 25.8 Å². The maximum atomic E-state index is 12.5. The highest BCUT2D eigenvalue weighted by molar-refractivity contribution is 5.94. The Bertz CT molecular complexity index is 763. The molecule has 3 N–H and O–H groups in total. The number of amides is 2. The van der Waals surface area contributed by atoms with Gasteiger partial charge in [-0.05, 0) is 31.0 Å². The lowest BCUT2D eigenvalue weighted by atomic mass is 10.00.